The third-order valence-electron chi connectivity index (χ3n) is 3.57. The fourth-order valence-corrected chi connectivity index (χ4v) is 1.99. The summed E-state index contributed by atoms with van der Waals surface area (Å²) < 4.78 is 30.0. The van der Waals surface area contributed by atoms with E-state index in [0.717, 1.165) is 39.5 Å². The standard InChI is InChI=1S/C6H12O2.2C5H10O2/c1-2-6-3-7-5-8-4-6;1-5-2-6-4-7-3-5;1-2-5-3-6-4-7-5/h6H,2-5H2,1H3;2*5H,2-4H2,1H3. The van der Waals surface area contributed by atoms with Gasteiger partial charge >= 0.3 is 0 Å². The van der Waals surface area contributed by atoms with Gasteiger partial charge < -0.3 is 28.4 Å². The summed E-state index contributed by atoms with van der Waals surface area (Å²) in [6, 6.07) is 0. The van der Waals surface area contributed by atoms with Crippen molar-refractivity contribution in [1.82, 2.24) is 0 Å². The van der Waals surface area contributed by atoms with Crippen molar-refractivity contribution in [3.8, 4) is 0 Å². The van der Waals surface area contributed by atoms with E-state index in [-0.39, 0.29) is 0 Å². The summed E-state index contributed by atoms with van der Waals surface area (Å²) in [5, 5.41) is 0. The van der Waals surface area contributed by atoms with E-state index in [4.69, 9.17) is 28.4 Å². The summed E-state index contributed by atoms with van der Waals surface area (Å²) in [5.74, 6) is 1.23. The first kappa shape index (κ1) is 19.8. The highest BCUT2D eigenvalue weighted by Gasteiger charge is 2.12. The average molecular weight is 320 g/mol. The Bertz CT molecular complexity index is 233. The van der Waals surface area contributed by atoms with E-state index in [1.807, 2.05) is 0 Å². The van der Waals surface area contributed by atoms with Crippen molar-refractivity contribution < 1.29 is 28.4 Å². The molecule has 6 heteroatoms. The first-order valence-electron chi connectivity index (χ1n) is 8.26. The Labute approximate surface area is 134 Å². The molecule has 3 aliphatic rings. The quantitative estimate of drug-likeness (QED) is 0.779. The maximum absolute atomic E-state index is 5.08. The van der Waals surface area contributed by atoms with Crippen molar-refractivity contribution in [1.29, 1.82) is 0 Å². The van der Waals surface area contributed by atoms with Gasteiger partial charge in [0, 0.05) is 11.8 Å². The van der Waals surface area contributed by atoms with Gasteiger partial charge in [-0.2, -0.15) is 0 Å². The molecule has 1 atom stereocenters. The molecule has 0 amide bonds. The van der Waals surface area contributed by atoms with Crippen molar-refractivity contribution in [2.45, 2.75) is 39.7 Å². The topological polar surface area (TPSA) is 55.4 Å². The predicted octanol–water partition coefficient (Wildman–Crippen LogP) is 2.41. The van der Waals surface area contributed by atoms with Gasteiger partial charge in [0.15, 0.2) is 0 Å². The van der Waals surface area contributed by atoms with Crippen LogP contribution in [0.25, 0.3) is 0 Å². The van der Waals surface area contributed by atoms with Crippen LogP contribution in [0.4, 0.5) is 0 Å². The number of rotatable bonds is 2. The normalized spacial score (nSPS) is 26.6. The highest BCUT2D eigenvalue weighted by atomic mass is 16.7. The molecule has 132 valence electrons. The first-order chi connectivity index (χ1) is 10.8. The van der Waals surface area contributed by atoms with Gasteiger partial charge in [0.1, 0.15) is 20.4 Å². The molecule has 0 aromatic heterocycles. The predicted molar refractivity (Wildman–Crippen MR) is 82.5 cm³/mol. The monoisotopic (exact) mass is 320 g/mol. The van der Waals surface area contributed by atoms with E-state index >= 15 is 0 Å². The Hall–Kier alpha value is -0.240. The molecule has 0 aromatic rings. The van der Waals surface area contributed by atoms with Crippen LogP contribution in [0.3, 0.4) is 0 Å². The zero-order valence-electron chi connectivity index (χ0n) is 14.3. The summed E-state index contributed by atoms with van der Waals surface area (Å²) >= 11 is 0. The van der Waals surface area contributed by atoms with Crippen LogP contribution in [0.1, 0.15) is 33.6 Å². The van der Waals surface area contributed by atoms with E-state index < -0.39 is 0 Å². The maximum Gasteiger partial charge on any atom is 0.147 e. The molecule has 1 unspecified atom stereocenters. The molecule has 0 radical (unpaired) electrons. The number of hydrogen-bond acceptors (Lipinski definition) is 6. The minimum Gasteiger partial charge on any atom is -0.355 e. The lowest BCUT2D eigenvalue weighted by Crippen LogP contribution is -2.23. The minimum absolute atomic E-state index is 0.375. The number of hydrogen-bond donors (Lipinski definition) is 0. The van der Waals surface area contributed by atoms with Gasteiger partial charge in [-0.05, 0) is 12.8 Å². The Morgan fingerprint density at radius 2 is 1.23 bits per heavy atom. The van der Waals surface area contributed by atoms with Gasteiger partial charge in [0.25, 0.3) is 0 Å². The van der Waals surface area contributed by atoms with Crippen LogP contribution in [0.2, 0.25) is 0 Å². The van der Waals surface area contributed by atoms with Gasteiger partial charge in [0.05, 0.1) is 39.1 Å². The van der Waals surface area contributed by atoms with Crippen molar-refractivity contribution in [3.05, 3.63) is 0 Å². The molecule has 0 saturated carbocycles. The lowest BCUT2D eigenvalue weighted by Gasteiger charge is -2.20. The third kappa shape index (κ3) is 9.71. The van der Waals surface area contributed by atoms with Crippen LogP contribution in [0.5, 0.6) is 0 Å². The SMILES string of the molecule is CC1COCOC1.CCC1COCO1.CCC1COCOC1. The summed E-state index contributed by atoms with van der Waals surface area (Å²) in [6.07, 6.45) is 2.61. The van der Waals surface area contributed by atoms with Crippen molar-refractivity contribution in [3.63, 3.8) is 0 Å². The van der Waals surface area contributed by atoms with E-state index in [0.29, 0.717) is 38.3 Å². The van der Waals surface area contributed by atoms with E-state index in [1.165, 1.54) is 6.42 Å². The Morgan fingerprint density at radius 1 is 0.682 bits per heavy atom. The minimum atomic E-state index is 0.375. The van der Waals surface area contributed by atoms with Gasteiger partial charge in [-0.3, -0.25) is 0 Å². The molecular formula is C16H32O6. The Morgan fingerprint density at radius 3 is 1.50 bits per heavy atom. The maximum atomic E-state index is 5.08. The van der Waals surface area contributed by atoms with Crippen molar-refractivity contribution in [2.24, 2.45) is 11.8 Å². The molecule has 0 spiro atoms. The largest absolute Gasteiger partial charge is 0.355 e. The van der Waals surface area contributed by atoms with Crippen LogP contribution in [0, 0.1) is 11.8 Å². The van der Waals surface area contributed by atoms with Crippen LogP contribution < -0.4 is 0 Å². The zero-order valence-corrected chi connectivity index (χ0v) is 14.3. The molecule has 3 aliphatic heterocycles. The molecule has 3 rings (SSSR count). The molecule has 3 fully saturated rings. The Balaban J connectivity index is 0.000000166. The zero-order chi connectivity index (χ0) is 16.0. The second-order valence-electron chi connectivity index (χ2n) is 5.78. The van der Waals surface area contributed by atoms with Crippen LogP contribution in [0.15, 0.2) is 0 Å². The van der Waals surface area contributed by atoms with Crippen LogP contribution in [-0.4, -0.2) is 59.5 Å². The van der Waals surface area contributed by atoms with Gasteiger partial charge in [-0.25, -0.2) is 0 Å². The van der Waals surface area contributed by atoms with Gasteiger partial charge in [-0.1, -0.05) is 20.8 Å². The lowest BCUT2D eigenvalue weighted by molar-refractivity contribution is -0.126. The van der Waals surface area contributed by atoms with Crippen LogP contribution in [-0.2, 0) is 28.4 Å². The molecule has 3 heterocycles. The summed E-state index contributed by atoms with van der Waals surface area (Å²) in [5.41, 5.74) is 0. The van der Waals surface area contributed by atoms with Gasteiger partial charge in [0.2, 0.25) is 0 Å². The highest BCUT2D eigenvalue weighted by molar-refractivity contribution is 4.55. The number of ether oxygens (including phenoxy) is 6. The first-order valence-corrected chi connectivity index (χ1v) is 8.26. The molecule has 3 saturated heterocycles. The summed E-state index contributed by atoms with van der Waals surface area (Å²) in [7, 11) is 0. The second-order valence-corrected chi connectivity index (χ2v) is 5.78. The highest BCUT2D eigenvalue weighted by Crippen LogP contribution is 2.07. The average Bonchev–Trinajstić information content (AvgIpc) is 3.11. The molecule has 22 heavy (non-hydrogen) atoms. The molecule has 0 bridgehead atoms. The van der Waals surface area contributed by atoms with Crippen molar-refractivity contribution >= 4 is 0 Å². The lowest BCUT2D eigenvalue weighted by atomic mass is 10.1. The summed E-state index contributed by atoms with van der Waals surface area (Å²) in [4.78, 5) is 0. The third-order valence-corrected chi connectivity index (χ3v) is 3.57. The molecule has 0 aromatic carbocycles. The van der Waals surface area contributed by atoms with Crippen molar-refractivity contribution in [2.75, 3.05) is 53.4 Å². The molecular weight excluding hydrogens is 288 g/mol. The molecule has 6 nitrogen and oxygen atoms in total. The molecule has 0 aliphatic carbocycles. The molecule has 0 N–H and O–H groups in total. The van der Waals surface area contributed by atoms with Crippen LogP contribution >= 0.6 is 0 Å². The van der Waals surface area contributed by atoms with Gasteiger partial charge in [-0.15, -0.1) is 0 Å². The summed E-state index contributed by atoms with van der Waals surface area (Å²) in [6.45, 7) is 12.1. The van der Waals surface area contributed by atoms with E-state index in [9.17, 15) is 0 Å². The van der Waals surface area contributed by atoms with E-state index in [1.54, 1.807) is 0 Å². The Kier molecular flexibility index (Phi) is 11.9. The second kappa shape index (κ2) is 13.2. The fourth-order valence-electron chi connectivity index (χ4n) is 1.99. The fraction of sp³-hybridized carbons (Fsp3) is 1.00. The van der Waals surface area contributed by atoms with E-state index in [2.05, 4.69) is 20.8 Å². The smallest absolute Gasteiger partial charge is 0.147 e.